The summed E-state index contributed by atoms with van der Waals surface area (Å²) in [6, 6.07) is 11.4. The Hall–Kier alpha value is -2.75. The van der Waals surface area contributed by atoms with Gasteiger partial charge < -0.3 is 5.11 Å². The molecule has 0 amide bonds. The third-order valence-electron chi connectivity index (χ3n) is 3.88. The molecule has 0 aliphatic heterocycles. The van der Waals surface area contributed by atoms with Crippen LogP contribution in [0.1, 0.15) is 74.6 Å². The van der Waals surface area contributed by atoms with Gasteiger partial charge in [-0.2, -0.15) is 0 Å². The van der Waals surface area contributed by atoms with Crippen LogP contribution in [0, 0.1) is 0 Å². The van der Waals surface area contributed by atoms with Crippen molar-refractivity contribution in [1.29, 1.82) is 0 Å². The molecule has 0 saturated heterocycles. The third kappa shape index (κ3) is 6.17. The van der Waals surface area contributed by atoms with E-state index in [1.165, 1.54) is 17.8 Å². The van der Waals surface area contributed by atoms with Gasteiger partial charge in [0.2, 0.25) is 0 Å². The van der Waals surface area contributed by atoms with Gasteiger partial charge in [0.25, 0.3) is 0 Å². The number of carboxylic acid groups (broad SMARTS) is 1. The molecule has 0 aliphatic rings. The number of carboxylic acids is 1. The van der Waals surface area contributed by atoms with Crippen LogP contribution in [0.15, 0.2) is 48.8 Å². The van der Waals surface area contributed by atoms with E-state index in [0.717, 1.165) is 22.2 Å². The molecular formula is C23H30N2O2. The van der Waals surface area contributed by atoms with Crippen molar-refractivity contribution < 1.29 is 9.90 Å². The number of pyridine rings is 2. The van der Waals surface area contributed by atoms with Gasteiger partial charge in [-0.25, -0.2) is 4.79 Å². The van der Waals surface area contributed by atoms with Gasteiger partial charge in [0, 0.05) is 29.9 Å². The number of fused-ring (bicyclic) bond motifs is 1. The van der Waals surface area contributed by atoms with Crippen molar-refractivity contribution in [2.75, 3.05) is 0 Å². The zero-order chi connectivity index (χ0) is 20.4. The summed E-state index contributed by atoms with van der Waals surface area (Å²) in [5, 5.41) is 10.2. The van der Waals surface area contributed by atoms with Crippen LogP contribution in [0.4, 0.5) is 0 Å². The summed E-state index contributed by atoms with van der Waals surface area (Å²) in [4.78, 5) is 19.8. The Balaban J connectivity index is 0.000000855. The minimum Gasteiger partial charge on any atom is -0.478 e. The summed E-state index contributed by atoms with van der Waals surface area (Å²) in [7, 11) is 0. The Morgan fingerprint density at radius 1 is 1.00 bits per heavy atom. The summed E-state index contributed by atoms with van der Waals surface area (Å²) in [5.74, 6) is -0.498. The van der Waals surface area contributed by atoms with Crippen LogP contribution in [-0.2, 0) is 6.42 Å². The molecule has 4 nitrogen and oxygen atoms in total. The molecule has 0 bridgehead atoms. The molecule has 0 atom stereocenters. The van der Waals surface area contributed by atoms with Gasteiger partial charge >= 0.3 is 5.97 Å². The van der Waals surface area contributed by atoms with Gasteiger partial charge in [-0.1, -0.05) is 47.6 Å². The zero-order valence-electron chi connectivity index (χ0n) is 17.2. The Morgan fingerprint density at radius 3 is 2.33 bits per heavy atom. The van der Waals surface area contributed by atoms with Crippen molar-refractivity contribution in [2.24, 2.45) is 0 Å². The highest BCUT2D eigenvalue weighted by Crippen LogP contribution is 2.21. The summed E-state index contributed by atoms with van der Waals surface area (Å²) >= 11 is 0. The van der Waals surface area contributed by atoms with Crippen molar-refractivity contribution in [3.8, 4) is 0 Å². The molecule has 4 heteroatoms. The SMILES string of the molecule is CC.CC.CC(C)c1cnc2ccc(Cc3cc(C(=O)O)ccn3)cc2c1. The lowest BCUT2D eigenvalue weighted by Gasteiger charge is -2.08. The molecule has 1 N–H and O–H groups in total. The molecule has 27 heavy (non-hydrogen) atoms. The second-order valence-corrected chi connectivity index (χ2v) is 5.97. The fraction of sp³-hybridized carbons (Fsp3) is 0.348. The Labute approximate surface area is 162 Å². The van der Waals surface area contributed by atoms with E-state index in [-0.39, 0.29) is 5.56 Å². The molecule has 2 heterocycles. The van der Waals surface area contributed by atoms with Gasteiger partial charge in [-0.15, -0.1) is 0 Å². The Kier molecular flexibility index (Phi) is 9.14. The molecule has 0 saturated carbocycles. The maximum absolute atomic E-state index is 11.0. The minimum atomic E-state index is -0.932. The number of hydrogen-bond donors (Lipinski definition) is 1. The Bertz CT molecular complexity index is 873. The highest BCUT2D eigenvalue weighted by Gasteiger charge is 2.07. The summed E-state index contributed by atoms with van der Waals surface area (Å²) in [5.41, 5.74) is 4.28. The molecule has 0 aliphatic carbocycles. The molecule has 144 valence electrons. The van der Waals surface area contributed by atoms with Crippen molar-refractivity contribution >= 4 is 16.9 Å². The molecule has 1 aromatic carbocycles. The number of nitrogens with zero attached hydrogens (tertiary/aromatic N) is 2. The average molecular weight is 367 g/mol. The molecule has 0 radical (unpaired) electrons. The second kappa shape index (κ2) is 11.1. The van der Waals surface area contributed by atoms with Crippen LogP contribution in [0.25, 0.3) is 10.9 Å². The monoisotopic (exact) mass is 366 g/mol. The van der Waals surface area contributed by atoms with Crippen molar-refractivity contribution in [3.63, 3.8) is 0 Å². The molecule has 3 aromatic rings. The van der Waals surface area contributed by atoms with Crippen LogP contribution in [0.3, 0.4) is 0 Å². The molecular weight excluding hydrogens is 336 g/mol. The highest BCUT2D eigenvalue weighted by molar-refractivity contribution is 5.87. The first-order valence-corrected chi connectivity index (χ1v) is 9.60. The number of rotatable bonds is 4. The van der Waals surface area contributed by atoms with Gasteiger partial charge in [0.05, 0.1) is 11.1 Å². The number of hydrogen-bond acceptors (Lipinski definition) is 3. The van der Waals surface area contributed by atoms with Crippen LogP contribution in [0.5, 0.6) is 0 Å². The smallest absolute Gasteiger partial charge is 0.335 e. The summed E-state index contributed by atoms with van der Waals surface area (Å²) in [6.07, 6.45) is 4.06. The van der Waals surface area contributed by atoms with Crippen molar-refractivity contribution in [2.45, 2.75) is 53.9 Å². The lowest BCUT2D eigenvalue weighted by molar-refractivity contribution is 0.0696. The van der Waals surface area contributed by atoms with E-state index in [0.29, 0.717) is 12.3 Å². The number of carbonyl (C=O) groups is 1. The minimum absolute atomic E-state index is 0.263. The largest absolute Gasteiger partial charge is 0.478 e. The van der Waals surface area contributed by atoms with E-state index in [4.69, 9.17) is 5.11 Å². The quantitative estimate of drug-likeness (QED) is 0.606. The number of benzene rings is 1. The number of aromatic carboxylic acids is 1. The van der Waals surface area contributed by atoms with Gasteiger partial charge in [-0.3, -0.25) is 9.97 Å². The topological polar surface area (TPSA) is 63.1 Å². The van der Waals surface area contributed by atoms with Gasteiger partial charge in [0.15, 0.2) is 0 Å². The van der Waals surface area contributed by atoms with E-state index in [9.17, 15) is 4.79 Å². The van der Waals surface area contributed by atoms with Crippen molar-refractivity contribution in [1.82, 2.24) is 9.97 Å². The van der Waals surface area contributed by atoms with Crippen molar-refractivity contribution in [3.05, 3.63) is 71.2 Å². The van der Waals surface area contributed by atoms with Gasteiger partial charge in [-0.05, 0) is 47.4 Å². The van der Waals surface area contributed by atoms with Crippen LogP contribution in [0.2, 0.25) is 0 Å². The fourth-order valence-electron chi connectivity index (χ4n) is 2.54. The Morgan fingerprint density at radius 2 is 1.70 bits per heavy atom. The first kappa shape index (κ1) is 22.3. The van der Waals surface area contributed by atoms with Crippen LogP contribution >= 0.6 is 0 Å². The molecule has 3 rings (SSSR count). The van der Waals surface area contributed by atoms with E-state index < -0.39 is 5.97 Å². The van der Waals surface area contributed by atoms with Gasteiger partial charge in [0.1, 0.15) is 0 Å². The molecule has 0 fully saturated rings. The standard InChI is InChI=1S/C19H18N2O2.2C2H6/c1-12(2)16-9-15-7-13(3-4-18(15)21-11-16)8-17-10-14(19(22)23)5-6-20-17;2*1-2/h3-7,9-12H,8H2,1-2H3,(H,22,23);2*1-2H3. The molecule has 0 unspecified atom stereocenters. The number of aromatic nitrogens is 2. The summed E-state index contributed by atoms with van der Waals surface area (Å²) in [6.45, 7) is 12.3. The second-order valence-electron chi connectivity index (χ2n) is 5.97. The predicted molar refractivity (Wildman–Crippen MR) is 113 cm³/mol. The summed E-state index contributed by atoms with van der Waals surface area (Å²) < 4.78 is 0. The van der Waals surface area contributed by atoms with E-state index >= 15 is 0 Å². The predicted octanol–water partition coefficient (Wildman–Crippen LogP) is 6.09. The first-order chi connectivity index (χ1) is 13.0. The maximum atomic E-state index is 11.0. The normalized spacial score (nSPS) is 9.89. The maximum Gasteiger partial charge on any atom is 0.335 e. The first-order valence-electron chi connectivity index (χ1n) is 9.60. The van der Waals surface area contributed by atoms with Crippen LogP contribution < -0.4 is 0 Å². The molecule has 0 spiro atoms. The van der Waals surface area contributed by atoms with E-state index in [2.05, 4.69) is 35.9 Å². The average Bonchev–Trinajstić information content (AvgIpc) is 2.70. The third-order valence-corrected chi connectivity index (χ3v) is 3.88. The fourth-order valence-corrected chi connectivity index (χ4v) is 2.54. The van der Waals surface area contributed by atoms with E-state index in [1.54, 1.807) is 6.07 Å². The van der Waals surface area contributed by atoms with E-state index in [1.807, 2.05) is 46.0 Å². The molecule has 2 aromatic heterocycles. The zero-order valence-corrected chi connectivity index (χ0v) is 17.2. The lowest BCUT2D eigenvalue weighted by Crippen LogP contribution is -2.00. The van der Waals surface area contributed by atoms with Crippen LogP contribution in [-0.4, -0.2) is 21.0 Å². The lowest BCUT2D eigenvalue weighted by atomic mass is 10.0. The highest BCUT2D eigenvalue weighted by atomic mass is 16.4.